The molecular weight excluding hydrogens is 362 g/mol. The molecule has 136 valence electrons. The fraction of sp³-hybridized carbons (Fsp3) is 0.150. The smallest absolute Gasteiger partial charge is 0.341 e. The largest absolute Gasteiger partial charge is 0.465 e. The second-order valence-electron chi connectivity index (χ2n) is 5.92. The number of fused-ring (bicyclic) bond motifs is 1. The molecule has 0 unspecified atom stereocenters. The minimum Gasteiger partial charge on any atom is -0.465 e. The van der Waals surface area contributed by atoms with Crippen LogP contribution in [0, 0.1) is 6.92 Å². The van der Waals surface area contributed by atoms with Crippen LogP contribution in [0.1, 0.15) is 21.9 Å². The number of aromatic nitrogens is 2. The Morgan fingerprint density at radius 2 is 2.07 bits per heavy atom. The first kappa shape index (κ1) is 17.2. The predicted molar refractivity (Wildman–Crippen MR) is 105 cm³/mol. The highest BCUT2D eigenvalue weighted by Crippen LogP contribution is 2.28. The van der Waals surface area contributed by atoms with E-state index in [1.54, 1.807) is 24.3 Å². The number of methoxy groups -OCH3 is 1. The van der Waals surface area contributed by atoms with Gasteiger partial charge >= 0.3 is 5.97 Å². The molecule has 6 nitrogen and oxygen atoms in total. The van der Waals surface area contributed by atoms with Crippen LogP contribution in [0.25, 0.3) is 21.6 Å². The van der Waals surface area contributed by atoms with E-state index in [2.05, 4.69) is 10.3 Å². The molecular formula is C20H17N3O3S. The molecule has 0 aliphatic carbocycles. The first-order chi connectivity index (χ1) is 13.2. The van der Waals surface area contributed by atoms with Crippen LogP contribution in [0.15, 0.2) is 52.3 Å². The lowest BCUT2D eigenvalue weighted by atomic mass is 10.2. The predicted octanol–water partition coefficient (Wildman–Crippen LogP) is 4.66. The lowest BCUT2D eigenvalue weighted by Crippen LogP contribution is -2.04. The Hall–Kier alpha value is -3.19. The molecule has 3 aromatic heterocycles. The Kier molecular flexibility index (Phi) is 4.60. The second kappa shape index (κ2) is 7.20. The van der Waals surface area contributed by atoms with Crippen LogP contribution in [0.3, 0.4) is 0 Å². The van der Waals surface area contributed by atoms with Crippen LogP contribution < -0.4 is 5.32 Å². The number of ether oxygens (including phenoxy) is 1. The van der Waals surface area contributed by atoms with Crippen molar-refractivity contribution >= 4 is 34.0 Å². The number of anilines is 1. The summed E-state index contributed by atoms with van der Waals surface area (Å²) in [6.45, 7) is 2.13. The van der Waals surface area contributed by atoms with E-state index in [0.29, 0.717) is 29.5 Å². The molecule has 0 aliphatic heterocycles. The average Bonchev–Trinajstić information content (AvgIpc) is 3.35. The van der Waals surface area contributed by atoms with Crippen molar-refractivity contribution in [2.75, 3.05) is 12.4 Å². The number of benzene rings is 1. The van der Waals surface area contributed by atoms with Gasteiger partial charge in [0, 0.05) is 5.39 Å². The minimum atomic E-state index is -0.407. The van der Waals surface area contributed by atoms with Crippen LogP contribution in [0.2, 0.25) is 0 Å². The first-order valence-corrected chi connectivity index (χ1v) is 9.26. The van der Waals surface area contributed by atoms with E-state index in [-0.39, 0.29) is 0 Å². The maximum absolute atomic E-state index is 11.8. The van der Waals surface area contributed by atoms with Crippen LogP contribution >= 0.6 is 11.3 Å². The van der Waals surface area contributed by atoms with Crippen molar-refractivity contribution in [2.45, 2.75) is 13.5 Å². The number of nitrogens with zero attached hydrogens (tertiary/aromatic N) is 2. The number of aryl methyl sites for hydroxylation is 1. The number of thiophene rings is 1. The Balaban J connectivity index is 1.66. The number of furan rings is 1. The Bertz CT molecular complexity index is 1100. The van der Waals surface area contributed by atoms with Crippen molar-refractivity contribution in [2.24, 2.45) is 0 Å². The highest BCUT2D eigenvalue weighted by atomic mass is 32.1. The maximum Gasteiger partial charge on any atom is 0.341 e. The van der Waals surface area contributed by atoms with E-state index in [1.807, 2.05) is 41.8 Å². The molecule has 27 heavy (non-hydrogen) atoms. The molecule has 4 aromatic rings. The number of carbonyl (C=O) groups excluding carboxylic acids is 1. The third-order valence-corrected chi connectivity index (χ3v) is 5.01. The number of nitrogens with one attached hydrogen (secondary N) is 1. The van der Waals surface area contributed by atoms with Gasteiger partial charge in [0.05, 0.1) is 24.0 Å². The number of esters is 1. The van der Waals surface area contributed by atoms with Gasteiger partial charge in [0.25, 0.3) is 0 Å². The van der Waals surface area contributed by atoms with Crippen molar-refractivity contribution in [1.82, 2.24) is 9.97 Å². The molecule has 7 heteroatoms. The molecule has 1 N–H and O–H groups in total. The summed E-state index contributed by atoms with van der Waals surface area (Å²) in [5.41, 5.74) is 1.30. The molecule has 3 heterocycles. The van der Waals surface area contributed by atoms with Crippen LogP contribution in [0.5, 0.6) is 0 Å². The summed E-state index contributed by atoms with van der Waals surface area (Å²) in [6.07, 6.45) is 0. The summed E-state index contributed by atoms with van der Waals surface area (Å²) >= 11 is 1.60. The van der Waals surface area contributed by atoms with Crippen molar-refractivity contribution in [3.63, 3.8) is 0 Å². The quantitative estimate of drug-likeness (QED) is 0.508. The monoisotopic (exact) mass is 379 g/mol. The van der Waals surface area contributed by atoms with Crippen molar-refractivity contribution < 1.29 is 13.9 Å². The van der Waals surface area contributed by atoms with Gasteiger partial charge in [-0.25, -0.2) is 14.8 Å². The maximum atomic E-state index is 11.8. The fourth-order valence-electron chi connectivity index (χ4n) is 2.84. The lowest BCUT2D eigenvalue weighted by molar-refractivity contribution is 0.0599. The lowest BCUT2D eigenvalue weighted by Gasteiger charge is -2.09. The highest BCUT2D eigenvalue weighted by molar-refractivity contribution is 7.13. The van der Waals surface area contributed by atoms with E-state index >= 15 is 0 Å². The van der Waals surface area contributed by atoms with E-state index < -0.39 is 5.97 Å². The van der Waals surface area contributed by atoms with Gasteiger partial charge in [-0.05, 0) is 36.6 Å². The van der Waals surface area contributed by atoms with Crippen LogP contribution in [-0.4, -0.2) is 23.0 Å². The number of para-hydroxylation sites is 1. The van der Waals surface area contributed by atoms with Gasteiger partial charge < -0.3 is 14.5 Å². The number of hydrogen-bond donors (Lipinski definition) is 1. The Morgan fingerprint density at radius 3 is 2.85 bits per heavy atom. The van der Waals surface area contributed by atoms with Crippen molar-refractivity contribution in [1.29, 1.82) is 0 Å². The minimum absolute atomic E-state index is 0.392. The second-order valence-corrected chi connectivity index (χ2v) is 6.87. The topological polar surface area (TPSA) is 77.2 Å². The molecule has 0 aliphatic rings. The van der Waals surface area contributed by atoms with Crippen molar-refractivity contribution in [3.8, 4) is 10.7 Å². The summed E-state index contributed by atoms with van der Waals surface area (Å²) in [5.74, 6) is 2.16. The summed E-state index contributed by atoms with van der Waals surface area (Å²) in [6, 6.07) is 13.5. The molecule has 0 saturated heterocycles. The molecule has 0 bridgehead atoms. The molecule has 0 spiro atoms. The van der Waals surface area contributed by atoms with Gasteiger partial charge in [-0.2, -0.15) is 0 Å². The standard InChI is InChI=1S/C20H17N3O3S/c1-12-15(20(24)25-2)10-13(26-12)11-21-18-14-6-3-4-7-16(14)22-19(23-18)17-8-5-9-27-17/h3-10H,11H2,1-2H3,(H,21,22,23). The van der Waals surface area contributed by atoms with Crippen LogP contribution in [0.4, 0.5) is 5.82 Å². The van der Waals surface area contributed by atoms with Gasteiger partial charge in [0.2, 0.25) is 0 Å². The van der Waals surface area contributed by atoms with E-state index in [4.69, 9.17) is 14.1 Å². The number of carbonyl (C=O) groups is 1. The van der Waals surface area contributed by atoms with E-state index in [1.165, 1.54) is 7.11 Å². The Morgan fingerprint density at radius 1 is 1.22 bits per heavy atom. The zero-order valence-corrected chi connectivity index (χ0v) is 15.7. The SMILES string of the molecule is COC(=O)c1cc(CNc2nc(-c3cccs3)nc3ccccc23)oc1C. The van der Waals surface area contributed by atoms with Gasteiger partial charge in [-0.1, -0.05) is 18.2 Å². The normalized spacial score (nSPS) is 10.9. The van der Waals surface area contributed by atoms with E-state index in [0.717, 1.165) is 21.6 Å². The first-order valence-electron chi connectivity index (χ1n) is 8.38. The summed E-state index contributed by atoms with van der Waals surface area (Å²) in [5, 5.41) is 6.24. The third kappa shape index (κ3) is 3.41. The Labute approximate surface area is 159 Å². The number of rotatable bonds is 5. The fourth-order valence-corrected chi connectivity index (χ4v) is 3.50. The third-order valence-electron chi connectivity index (χ3n) is 4.15. The summed E-state index contributed by atoms with van der Waals surface area (Å²) in [4.78, 5) is 22.1. The molecule has 0 fully saturated rings. The van der Waals surface area contributed by atoms with Gasteiger partial charge in [-0.15, -0.1) is 11.3 Å². The van der Waals surface area contributed by atoms with Crippen molar-refractivity contribution in [3.05, 3.63) is 64.9 Å². The number of hydrogen-bond acceptors (Lipinski definition) is 7. The summed E-state index contributed by atoms with van der Waals surface area (Å²) in [7, 11) is 1.35. The molecule has 4 rings (SSSR count). The molecule has 0 amide bonds. The molecule has 1 aromatic carbocycles. The molecule has 0 atom stereocenters. The van der Waals surface area contributed by atoms with Gasteiger partial charge in [0.1, 0.15) is 22.9 Å². The van der Waals surface area contributed by atoms with Gasteiger partial charge in [-0.3, -0.25) is 0 Å². The zero-order valence-electron chi connectivity index (χ0n) is 14.9. The zero-order chi connectivity index (χ0) is 18.8. The molecule has 0 saturated carbocycles. The highest BCUT2D eigenvalue weighted by Gasteiger charge is 2.16. The van der Waals surface area contributed by atoms with Crippen LogP contribution in [-0.2, 0) is 11.3 Å². The van der Waals surface area contributed by atoms with Gasteiger partial charge in [0.15, 0.2) is 5.82 Å². The summed E-state index contributed by atoms with van der Waals surface area (Å²) < 4.78 is 10.4. The molecule has 0 radical (unpaired) electrons. The average molecular weight is 379 g/mol. The van der Waals surface area contributed by atoms with E-state index in [9.17, 15) is 4.79 Å².